The van der Waals surface area contributed by atoms with Crippen molar-refractivity contribution in [1.29, 1.82) is 0 Å². The Hall–Kier alpha value is -1.94. The molecule has 1 fully saturated rings. The Morgan fingerprint density at radius 1 is 1.25 bits per heavy atom. The predicted molar refractivity (Wildman–Crippen MR) is 78.7 cm³/mol. The van der Waals surface area contributed by atoms with Gasteiger partial charge in [-0.1, -0.05) is 30.3 Å². The molecule has 2 atom stereocenters. The zero-order valence-electron chi connectivity index (χ0n) is 11.6. The average molecular weight is 269 g/mol. The minimum atomic E-state index is 0.238. The lowest BCUT2D eigenvalue weighted by Gasteiger charge is -2.16. The van der Waals surface area contributed by atoms with Crippen LogP contribution >= 0.6 is 0 Å². The molecule has 104 valence electrons. The first-order valence-electron chi connectivity index (χ1n) is 7.05. The maximum Gasteiger partial charge on any atom is 0.135 e. The molecular weight excluding hydrogens is 250 g/mol. The lowest BCUT2D eigenvalue weighted by Crippen LogP contribution is -2.27. The number of nitrogens with zero attached hydrogens (tertiary/aromatic N) is 2. The molecule has 0 bridgehead atoms. The minimum absolute atomic E-state index is 0.238. The van der Waals surface area contributed by atoms with E-state index < -0.39 is 0 Å². The number of rotatable bonds is 4. The van der Waals surface area contributed by atoms with Gasteiger partial charge in [0.25, 0.3) is 0 Å². The minimum Gasteiger partial charge on any atom is -0.376 e. The third-order valence-electron chi connectivity index (χ3n) is 3.62. The summed E-state index contributed by atoms with van der Waals surface area (Å²) in [5, 5.41) is 3.44. The summed E-state index contributed by atoms with van der Waals surface area (Å²) >= 11 is 0. The first-order valence-corrected chi connectivity index (χ1v) is 7.05. The molecule has 1 aliphatic rings. The highest BCUT2D eigenvalue weighted by atomic mass is 16.5. The standard InChI is InChI=1S/C16H19N3O/c1-12-14(8-10-20-12)18-15-7-9-17-16(19-15)11-13-5-3-2-4-6-13/h2-7,9,12,14H,8,10-11H2,1H3,(H,17,18,19)/t12-,14-/m0/s1. The van der Waals surface area contributed by atoms with Crippen LogP contribution in [0.1, 0.15) is 24.7 Å². The Labute approximate surface area is 119 Å². The highest BCUT2D eigenvalue weighted by Crippen LogP contribution is 2.17. The van der Waals surface area contributed by atoms with Gasteiger partial charge in [-0.2, -0.15) is 0 Å². The second-order valence-corrected chi connectivity index (χ2v) is 5.14. The van der Waals surface area contributed by atoms with Crippen LogP contribution in [0.25, 0.3) is 0 Å². The van der Waals surface area contributed by atoms with E-state index in [0.717, 1.165) is 31.1 Å². The summed E-state index contributed by atoms with van der Waals surface area (Å²) in [6.45, 7) is 2.91. The van der Waals surface area contributed by atoms with Gasteiger partial charge >= 0.3 is 0 Å². The van der Waals surface area contributed by atoms with Crippen molar-refractivity contribution in [1.82, 2.24) is 9.97 Å². The van der Waals surface area contributed by atoms with Gasteiger partial charge in [0.15, 0.2) is 0 Å². The molecule has 4 heteroatoms. The summed E-state index contributed by atoms with van der Waals surface area (Å²) in [6, 6.07) is 12.5. The van der Waals surface area contributed by atoms with Crippen LogP contribution in [-0.2, 0) is 11.2 Å². The number of benzene rings is 1. The van der Waals surface area contributed by atoms with E-state index in [4.69, 9.17) is 4.74 Å². The SMILES string of the molecule is C[C@@H]1OCC[C@@H]1Nc1ccnc(Cc2ccccc2)n1. The fraction of sp³-hybridized carbons (Fsp3) is 0.375. The van der Waals surface area contributed by atoms with Crippen LogP contribution in [-0.4, -0.2) is 28.7 Å². The summed E-state index contributed by atoms with van der Waals surface area (Å²) < 4.78 is 5.56. The number of anilines is 1. The van der Waals surface area contributed by atoms with Crippen molar-refractivity contribution in [2.75, 3.05) is 11.9 Å². The Morgan fingerprint density at radius 2 is 2.10 bits per heavy atom. The van der Waals surface area contributed by atoms with Crippen LogP contribution in [0.2, 0.25) is 0 Å². The molecule has 0 spiro atoms. The van der Waals surface area contributed by atoms with E-state index in [1.165, 1.54) is 5.56 Å². The van der Waals surface area contributed by atoms with E-state index in [9.17, 15) is 0 Å². The van der Waals surface area contributed by atoms with Crippen LogP contribution in [0.15, 0.2) is 42.6 Å². The number of hydrogen-bond donors (Lipinski definition) is 1. The molecule has 0 saturated carbocycles. The molecule has 0 amide bonds. The maximum atomic E-state index is 5.56. The summed E-state index contributed by atoms with van der Waals surface area (Å²) in [4.78, 5) is 8.93. The van der Waals surface area contributed by atoms with Crippen LogP contribution in [0.4, 0.5) is 5.82 Å². The van der Waals surface area contributed by atoms with E-state index in [0.29, 0.717) is 6.04 Å². The molecule has 0 radical (unpaired) electrons. The largest absolute Gasteiger partial charge is 0.376 e. The molecule has 4 nitrogen and oxygen atoms in total. The smallest absolute Gasteiger partial charge is 0.135 e. The normalized spacial score (nSPS) is 21.9. The van der Waals surface area contributed by atoms with Gasteiger partial charge in [-0.25, -0.2) is 9.97 Å². The Kier molecular flexibility index (Phi) is 3.92. The van der Waals surface area contributed by atoms with Crippen LogP contribution in [0.3, 0.4) is 0 Å². The monoisotopic (exact) mass is 269 g/mol. The Morgan fingerprint density at radius 3 is 2.85 bits per heavy atom. The van der Waals surface area contributed by atoms with Crippen LogP contribution < -0.4 is 5.32 Å². The molecule has 1 aromatic carbocycles. The Bertz CT molecular complexity index is 559. The van der Waals surface area contributed by atoms with Gasteiger partial charge in [-0.05, 0) is 25.0 Å². The molecule has 2 aromatic rings. The van der Waals surface area contributed by atoms with Crippen molar-refractivity contribution in [3.05, 3.63) is 54.0 Å². The van der Waals surface area contributed by atoms with Crippen molar-refractivity contribution in [2.24, 2.45) is 0 Å². The fourth-order valence-electron chi connectivity index (χ4n) is 2.45. The topological polar surface area (TPSA) is 47.0 Å². The molecule has 1 N–H and O–H groups in total. The zero-order chi connectivity index (χ0) is 13.8. The number of hydrogen-bond acceptors (Lipinski definition) is 4. The highest BCUT2D eigenvalue weighted by Gasteiger charge is 2.24. The summed E-state index contributed by atoms with van der Waals surface area (Å²) in [5.41, 5.74) is 1.22. The van der Waals surface area contributed by atoms with Gasteiger partial charge in [-0.3, -0.25) is 0 Å². The molecule has 1 aromatic heterocycles. The van der Waals surface area contributed by atoms with Gasteiger partial charge in [0.05, 0.1) is 12.1 Å². The molecular formula is C16H19N3O. The van der Waals surface area contributed by atoms with Gasteiger partial charge in [-0.15, -0.1) is 0 Å². The molecule has 3 rings (SSSR count). The van der Waals surface area contributed by atoms with Gasteiger partial charge in [0.1, 0.15) is 11.6 Å². The highest BCUT2D eigenvalue weighted by molar-refractivity contribution is 5.35. The average Bonchev–Trinajstić information content (AvgIpc) is 2.86. The lowest BCUT2D eigenvalue weighted by atomic mass is 10.1. The number of ether oxygens (including phenoxy) is 1. The van der Waals surface area contributed by atoms with Crippen molar-refractivity contribution in [3.63, 3.8) is 0 Å². The maximum absolute atomic E-state index is 5.56. The molecule has 2 heterocycles. The van der Waals surface area contributed by atoms with Crippen molar-refractivity contribution in [3.8, 4) is 0 Å². The second kappa shape index (κ2) is 6.01. The summed E-state index contributed by atoms with van der Waals surface area (Å²) in [6.07, 6.45) is 3.84. The van der Waals surface area contributed by atoms with Crippen LogP contribution in [0, 0.1) is 0 Å². The van der Waals surface area contributed by atoms with Crippen molar-refractivity contribution in [2.45, 2.75) is 31.9 Å². The third-order valence-corrected chi connectivity index (χ3v) is 3.62. The van der Waals surface area contributed by atoms with Gasteiger partial charge in [0.2, 0.25) is 0 Å². The quantitative estimate of drug-likeness (QED) is 0.927. The lowest BCUT2D eigenvalue weighted by molar-refractivity contribution is 0.121. The van der Waals surface area contributed by atoms with E-state index in [-0.39, 0.29) is 6.10 Å². The van der Waals surface area contributed by atoms with Crippen molar-refractivity contribution < 1.29 is 4.74 Å². The van der Waals surface area contributed by atoms with E-state index >= 15 is 0 Å². The number of aromatic nitrogens is 2. The summed E-state index contributed by atoms with van der Waals surface area (Å²) in [5.74, 6) is 1.72. The van der Waals surface area contributed by atoms with E-state index in [1.807, 2.05) is 30.5 Å². The number of nitrogens with one attached hydrogen (secondary N) is 1. The molecule has 1 aliphatic heterocycles. The van der Waals surface area contributed by atoms with Crippen LogP contribution in [0.5, 0.6) is 0 Å². The molecule has 0 aliphatic carbocycles. The molecule has 1 saturated heterocycles. The second-order valence-electron chi connectivity index (χ2n) is 5.14. The molecule has 20 heavy (non-hydrogen) atoms. The third kappa shape index (κ3) is 3.14. The Balaban J connectivity index is 1.69. The molecule has 0 unspecified atom stereocenters. The first-order chi connectivity index (χ1) is 9.81. The zero-order valence-corrected chi connectivity index (χ0v) is 11.6. The van der Waals surface area contributed by atoms with E-state index in [2.05, 4.69) is 34.3 Å². The van der Waals surface area contributed by atoms with E-state index in [1.54, 1.807) is 0 Å². The van der Waals surface area contributed by atoms with Crippen molar-refractivity contribution >= 4 is 5.82 Å². The predicted octanol–water partition coefficient (Wildman–Crippen LogP) is 2.66. The summed E-state index contributed by atoms with van der Waals surface area (Å²) in [7, 11) is 0. The fourth-order valence-corrected chi connectivity index (χ4v) is 2.45. The first kappa shape index (κ1) is 13.1. The van der Waals surface area contributed by atoms with Gasteiger partial charge in [0, 0.05) is 19.2 Å². The van der Waals surface area contributed by atoms with Gasteiger partial charge < -0.3 is 10.1 Å².